The van der Waals surface area contributed by atoms with Crippen molar-refractivity contribution in [2.45, 2.75) is 13.0 Å². The molecule has 0 aromatic heterocycles. The first-order chi connectivity index (χ1) is 10.6. The number of carboxylic acid groups (broad SMARTS) is 1. The first-order valence-electron chi connectivity index (χ1n) is 6.76. The van der Waals surface area contributed by atoms with E-state index in [9.17, 15) is 4.79 Å². The normalized spacial score (nSPS) is 12.1. The molecular weight excluding hydrogens is 282 g/mol. The van der Waals surface area contributed by atoms with Gasteiger partial charge in [0.2, 0.25) is 0 Å². The van der Waals surface area contributed by atoms with Gasteiger partial charge in [-0.15, -0.1) is 0 Å². The monoisotopic (exact) mass is 299 g/mol. The van der Waals surface area contributed by atoms with Crippen molar-refractivity contribution in [1.29, 1.82) is 0 Å². The van der Waals surface area contributed by atoms with Crippen molar-refractivity contribution in [2.75, 3.05) is 7.11 Å². The fraction of sp³-hybridized carbons (Fsp3) is 0.176. The van der Waals surface area contributed by atoms with Gasteiger partial charge in [-0.1, -0.05) is 6.07 Å². The van der Waals surface area contributed by atoms with Crippen LogP contribution in [-0.4, -0.2) is 30.5 Å². The van der Waals surface area contributed by atoms with Crippen LogP contribution in [0.3, 0.4) is 0 Å². The Kier molecular flexibility index (Phi) is 5.14. The Morgan fingerprint density at radius 2 is 1.91 bits per heavy atom. The maximum absolute atomic E-state index is 10.7. The molecule has 5 heteroatoms. The smallest absolute Gasteiger partial charge is 0.344 e. The molecule has 0 saturated heterocycles. The SMILES string of the molecule is COc1cccc(N=Cc2ccc(O[C@H](C)C(=O)O)cc2)c1. The van der Waals surface area contributed by atoms with Crippen molar-refractivity contribution in [3.05, 3.63) is 54.1 Å². The Morgan fingerprint density at radius 3 is 2.55 bits per heavy atom. The molecule has 0 spiro atoms. The van der Waals surface area contributed by atoms with Crippen molar-refractivity contribution in [3.63, 3.8) is 0 Å². The minimum absolute atomic E-state index is 0.508. The summed E-state index contributed by atoms with van der Waals surface area (Å²) in [7, 11) is 1.61. The number of ether oxygens (including phenoxy) is 2. The third-order valence-electron chi connectivity index (χ3n) is 2.96. The third-order valence-corrected chi connectivity index (χ3v) is 2.96. The lowest BCUT2D eigenvalue weighted by molar-refractivity contribution is -0.144. The standard InChI is InChI=1S/C17H17NO4/c1-12(17(19)20)22-15-8-6-13(7-9-15)11-18-14-4-3-5-16(10-14)21-2/h3-12H,1-2H3,(H,19,20)/t12-/m1/s1. The Morgan fingerprint density at radius 1 is 1.18 bits per heavy atom. The predicted molar refractivity (Wildman–Crippen MR) is 84.4 cm³/mol. The van der Waals surface area contributed by atoms with Crippen molar-refractivity contribution in [1.82, 2.24) is 0 Å². The molecule has 0 fully saturated rings. The summed E-state index contributed by atoms with van der Waals surface area (Å²) in [5, 5.41) is 8.79. The van der Waals surface area contributed by atoms with Crippen molar-refractivity contribution >= 4 is 17.9 Å². The van der Waals surface area contributed by atoms with E-state index in [-0.39, 0.29) is 0 Å². The average molecular weight is 299 g/mol. The number of hydrogen-bond acceptors (Lipinski definition) is 4. The first-order valence-corrected chi connectivity index (χ1v) is 6.76. The fourth-order valence-corrected chi connectivity index (χ4v) is 1.73. The summed E-state index contributed by atoms with van der Waals surface area (Å²) in [5.41, 5.74) is 1.68. The van der Waals surface area contributed by atoms with Gasteiger partial charge in [-0.05, 0) is 48.9 Å². The molecular formula is C17H17NO4. The van der Waals surface area contributed by atoms with E-state index < -0.39 is 12.1 Å². The molecule has 0 heterocycles. The van der Waals surface area contributed by atoms with E-state index in [0.717, 1.165) is 17.0 Å². The largest absolute Gasteiger partial charge is 0.497 e. The van der Waals surface area contributed by atoms with E-state index >= 15 is 0 Å². The number of aliphatic carboxylic acids is 1. The van der Waals surface area contributed by atoms with Gasteiger partial charge in [-0.2, -0.15) is 0 Å². The number of aliphatic imine (C=N–C) groups is 1. The van der Waals surface area contributed by atoms with Crippen LogP contribution in [0.4, 0.5) is 5.69 Å². The molecule has 2 aromatic carbocycles. The van der Waals surface area contributed by atoms with Crippen LogP contribution in [0.15, 0.2) is 53.5 Å². The Labute approximate surface area is 128 Å². The number of carbonyl (C=O) groups is 1. The summed E-state index contributed by atoms with van der Waals surface area (Å²) in [6.07, 6.45) is 0.843. The van der Waals surface area contributed by atoms with E-state index in [0.29, 0.717) is 5.75 Å². The Bertz CT molecular complexity index is 665. The van der Waals surface area contributed by atoms with Crippen LogP contribution in [0.1, 0.15) is 12.5 Å². The Balaban J connectivity index is 2.04. The van der Waals surface area contributed by atoms with Crippen molar-refractivity contribution in [2.24, 2.45) is 4.99 Å². The molecule has 0 unspecified atom stereocenters. The Hall–Kier alpha value is -2.82. The molecule has 0 aliphatic carbocycles. The topological polar surface area (TPSA) is 68.1 Å². The van der Waals surface area contributed by atoms with Crippen molar-refractivity contribution < 1.29 is 19.4 Å². The zero-order valence-electron chi connectivity index (χ0n) is 12.4. The van der Waals surface area contributed by atoms with Crippen LogP contribution in [0.5, 0.6) is 11.5 Å². The maximum atomic E-state index is 10.7. The summed E-state index contributed by atoms with van der Waals surface area (Å²) < 4.78 is 10.4. The molecule has 114 valence electrons. The summed E-state index contributed by atoms with van der Waals surface area (Å²) in [6, 6.07) is 14.5. The first kappa shape index (κ1) is 15.6. The highest BCUT2D eigenvalue weighted by atomic mass is 16.5. The molecule has 0 radical (unpaired) electrons. The van der Waals surface area contributed by atoms with Gasteiger partial charge in [0.15, 0.2) is 6.10 Å². The second-order valence-electron chi connectivity index (χ2n) is 4.63. The maximum Gasteiger partial charge on any atom is 0.344 e. The molecule has 0 aliphatic rings. The van der Waals surface area contributed by atoms with Crippen LogP contribution in [-0.2, 0) is 4.79 Å². The molecule has 2 aromatic rings. The second kappa shape index (κ2) is 7.26. The lowest BCUT2D eigenvalue weighted by Gasteiger charge is -2.09. The van der Waals surface area contributed by atoms with E-state index in [1.807, 2.05) is 36.4 Å². The molecule has 0 amide bonds. The lowest BCUT2D eigenvalue weighted by atomic mass is 10.2. The van der Waals surface area contributed by atoms with Crippen LogP contribution in [0.2, 0.25) is 0 Å². The van der Waals surface area contributed by atoms with Gasteiger partial charge in [-0.25, -0.2) is 4.79 Å². The van der Waals surface area contributed by atoms with Gasteiger partial charge in [0.25, 0.3) is 0 Å². The molecule has 0 saturated carbocycles. The van der Waals surface area contributed by atoms with Gasteiger partial charge in [0, 0.05) is 12.3 Å². The summed E-state index contributed by atoms with van der Waals surface area (Å²) in [4.78, 5) is 15.1. The van der Waals surface area contributed by atoms with Gasteiger partial charge < -0.3 is 14.6 Å². The van der Waals surface area contributed by atoms with Gasteiger partial charge in [-0.3, -0.25) is 4.99 Å². The third kappa shape index (κ3) is 4.34. The number of benzene rings is 2. The minimum atomic E-state index is -0.997. The van der Waals surface area contributed by atoms with E-state index in [4.69, 9.17) is 14.6 Å². The van der Waals surface area contributed by atoms with Crippen molar-refractivity contribution in [3.8, 4) is 11.5 Å². The van der Waals surface area contributed by atoms with Crippen LogP contribution < -0.4 is 9.47 Å². The highest BCUT2D eigenvalue weighted by Gasteiger charge is 2.11. The van der Waals surface area contributed by atoms with Gasteiger partial charge >= 0.3 is 5.97 Å². The zero-order chi connectivity index (χ0) is 15.9. The number of hydrogen-bond donors (Lipinski definition) is 1. The molecule has 0 bridgehead atoms. The number of carboxylic acids is 1. The molecule has 2 rings (SSSR count). The highest BCUT2D eigenvalue weighted by molar-refractivity contribution is 5.82. The average Bonchev–Trinajstić information content (AvgIpc) is 2.54. The summed E-state index contributed by atoms with van der Waals surface area (Å²) >= 11 is 0. The number of rotatable bonds is 6. The summed E-state index contributed by atoms with van der Waals surface area (Å²) in [5.74, 6) is 0.262. The minimum Gasteiger partial charge on any atom is -0.497 e. The fourth-order valence-electron chi connectivity index (χ4n) is 1.73. The van der Waals surface area contributed by atoms with E-state index in [2.05, 4.69) is 4.99 Å². The summed E-state index contributed by atoms with van der Waals surface area (Å²) in [6.45, 7) is 1.49. The zero-order valence-corrected chi connectivity index (χ0v) is 12.4. The highest BCUT2D eigenvalue weighted by Crippen LogP contribution is 2.19. The molecule has 1 N–H and O–H groups in total. The van der Waals surface area contributed by atoms with Gasteiger partial charge in [0.05, 0.1) is 12.8 Å². The molecule has 22 heavy (non-hydrogen) atoms. The van der Waals surface area contributed by atoms with Crippen LogP contribution >= 0.6 is 0 Å². The predicted octanol–water partition coefficient (Wildman–Crippen LogP) is 3.30. The molecule has 5 nitrogen and oxygen atoms in total. The van der Waals surface area contributed by atoms with E-state index in [1.54, 1.807) is 25.5 Å². The molecule has 1 atom stereocenters. The second-order valence-corrected chi connectivity index (χ2v) is 4.63. The lowest BCUT2D eigenvalue weighted by Crippen LogP contribution is -2.22. The van der Waals surface area contributed by atoms with Gasteiger partial charge in [0.1, 0.15) is 11.5 Å². The quantitative estimate of drug-likeness (QED) is 0.831. The number of nitrogens with zero attached hydrogens (tertiary/aromatic N) is 1. The van der Waals surface area contributed by atoms with E-state index in [1.165, 1.54) is 6.92 Å². The number of methoxy groups -OCH3 is 1. The van der Waals surface area contributed by atoms with Crippen LogP contribution in [0.25, 0.3) is 0 Å². The molecule has 0 aliphatic heterocycles. The van der Waals surface area contributed by atoms with Crippen LogP contribution in [0, 0.1) is 0 Å².